The third kappa shape index (κ3) is 4.59. The Morgan fingerprint density at radius 1 is 1.11 bits per heavy atom. The van der Waals surface area contributed by atoms with Gasteiger partial charge in [-0.15, -0.1) is 11.3 Å². The first-order chi connectivity index (χ1) is 17.5. The second-order valence-corrected chi connectivity index (χ2v) is 11.1. The Balaban J connectivity index is 1.82. The summed E-state index contributed by atoms with van der Waals surface area (Å²) in [6.07, 6.45) is 1.18. The molecule has 2 aromatic heterocycles. The molecule has 1 N–H and O–H groups in total. The van der Waals surface area contributed by atoms with Gasteiger partial charge in [-0.2, -0.15) is 0 Å². The number of amides is 1. The highest BCUT2D eigenvalue weighted by atomic mass is 32.1. The van der Waals surface area contributed by atoms with Crippen molar-refractivity contribution in [2.24, 2.45) is 0 Å². The average Bonchev–Trinajstić information content (AvgIpc) is 3.25. The summed E-state index contributed by atoms with van der Waals surface area (Å²) in [4.78, 5) is 38.9. The zero-order chi connectivity index (χ0) is 27.1. The zero-order valence-electron chi connectivity index (χ0n) is 22.4. The Labute approximate surface area is 220 Å². The van der Waals surface area contributed by atoms with Crippen LogP contribution in [0.1, 0.15) is 76.9 Å². The summed E-state index contributed by atoms with van der Waals surface area (Å²) in [5.74, 6) is 1.05. The van der Waals surface area contributed by atoms with Crippen molar-refractivity contribution < 1.29 is 23.5 Å². The minimum atomic E-state index is -0.700. The zero-order valence-corrected chi connectivity index (χ0v) is 23.2. The molecule has 0 spiro atoms. The van der Waals surface area contributed by atoms with Crippen LogP contribution in [0.4, 0.5) is 10.5 Å². The van der Waals surface area contributed by atoms with Gasteiger partial charge in [-0.1, -0.05) is 26.8 Å². The molecule has 196 valence electrons. The number of fused-ring (bicyclic) bond motifs is 2. The molecule has 1 aliphatic rings. The number of ketones is 1. The van der Waals surface area contributed by atoms with Gasteiger partial charge in [0.25, 0.3) is 0 Å². The third-order valence-electron chi connectivity index (χ3n) is 6.84. The van der Waals surface area contributed by atoms with Crippen molar-refractivity contribution in [1.29, 1.82) is 0 Å². The van der Waals surface area contributed by atoms with Gasteiger partial charge < -0.3 is 13.9 Å². The van der Waals surface area contributed by atoms with Gasteiger partial charge in [-0.05, 0) is 52.2 Å². The second kappa shape index (κ2) is 9.82. The molecule has 0 unspecified atom stereocenters. The number of methoxy groups -OCH3 is 1. The van der Waals surface area contributed by atoms with Crippen molar-refractivity contribution in [2.45, 2.75) is 71.8 Å². The van der Waals surface area contributed by atoms with Crippen LogP contribution in [0, 0.1) is 0 Å². The fourth-order valence-corrected chi connectivity index (χ4v) is 6.06. The number of nitrogens with one attached hydrogen (secondary N) is 1. The minimum absolute atomic E-state index is 0.105. The number of hydrogen-bond donors (Lipinski definition) is 1. The predicted octanol–water partition coefficient (Wildman–Crippen LogP) is 7.43. The summed E-state index contributed by atoms with van der Waals surface area (Å²) in [7, 11) is 1.57. The minimum Gasteiger partial charge on any atom is -0.500 e. The van der Waals surface area contributed by atoms with E-state index in [0.29, 0.717) is 47.8 Å². The van der Waals surface area contributed by atoms with Crippen molar-refractivity contribution in [3.8, 4) is 11.3 Å². The first-order valence-corrected chi connectivity index (χ1v) is 13.4. The molecule has 0 aliphatic heterocycles. The number of hydrogen-bond acceptors (Lipinski definition) is 7. The molecule has 0 saturated heterocycles. The Morgan fingerprint density at radius 3 is 2.41 bits per heavy atom. The standard InChI is InChI=1S/C29H33NO6S/c1-8-17-24(32)23-20(31)14-21(35-26(23)29(9-2,10-3)25(17)34-7)19-15-37-22-13-16(11-12-18(19)22)30-27(33)36-28(4,5)6/h11-15H,8-10H2,1-7H3,(H,30,33). The lowest BCUT2D eigenvalue weighted by atomic mass is 9.69. The van der Waals surface area contributed by atoms with Crippen molar-refractivity contribution in [3.63, 3.8) is 0 Å². The molecule has 0 radical (unpaired) electrons. The summed E-state index contributed by atoms with van der Waals surface area (Å²) < 4.78 is 18.5. The van der Waals surface area contributed by atoms with E-state index in [4.69, 9.17) is 13.9 Å². The molecule has 1 aromatic carbocycles. The van der Waals surface area contributed by atoms with E-state index in [0.717, 1.165) is 15.6 Å². The van der Waals surface area contributed by atoms with Crippen LogP contribution in [-0.4, -0.2) is 24.6 Å². The van der Waals surface area contributed by atoms with Crippen LogP contribution >= 0.6 is 11.3 Å². The number of anilines is 1. The van der Waals surface area contributed by atoms with E-state index in [9.17, 15) is 14.4 Å². The maximum Gasteiger partial charge on any atom is 0.412 e. The molecule has 0 fully saturated rings. The highest BCUT2D eigenvalue weighted by molar-refractivity contribution is 7.17. The van der Waals surface area contributed by atoms with Gasteiger partial charge in [0.05, 0.1) is 12.5 Å². The fraction of sp³-hybridized carbons (Fsp3) is 0.414. The number of carbonyl (C=O) groups is 2. The van der Waals surface area contributed by atoms with E-state index in [2.05, 4.69) is 5.32 Å². The largest absolute Gasteiger partial charge is 0.500 e. The number of allylic oxidation sites excluding steroid dienone is 2. The maximum absolute atomic E-state index is 13.4. The summed E-state index contributed by atoms with van der Waals surface area (Å²) >= 11 is 1.47. The topological polar surface area (TPSA) is 94.8 Å². The van der Waals surface area contributed by atoms with Gasteiger partial charge in [0.2, 0.25) is 0 Å². The average molecular weight is 524 g/mol. The van der Waals surface area contributed by atoms with E-state index in [-0.39, 0.29) is 16.8 Å². The van der Waals surface area contributed by atoms with E-state index in [1.807, 2.05) is 38.3 Å². The summed E-state index contributed by atoms with van der Waals surface area (Å²) in [5, 5.41) is 5.55. The molecular formula is C29H33NO6S. The first-order valence-electron chi connectivity index (χ1n) is 12.5. The number of carbonyl (C=O) groups excluding carboxylic acids is 2. The molecule has 1 aliphatic carbocycles. The number of thiophene rings is 1. The summed E-state index contributed by atoms with van der Waals surface area (Å²) in [5.41, 5.74) is 0.341. The molecule has 0 saturated carbocycles. The van der Waals surface area contributed by atoms with Crippen molar-refractivity contribution in [1.82, 2.24) is 0 Å². The Bertz CT molecular complexity index is 1470. The monoisotopic (exact) mass is 523 g/mol. The van der Waals surface area contributed by atoms with Crippen LogP contribution in [0.2, 0.25) is 0 Å². The molecule has 7 nitrogen and oxygen atoms in total. The van der Waals surface area contributed by atoms with E-state index < -0.39 is 17.1 Å². The van der Waals surface area contributed by atoms with Crippen LogP contribution in [0.5, 0.6) is 0 Å². The highest BCUT2D eigenvalue weighted by Crippen LogP contribution is 2.47. The van der Waals surface area contributed by atoms with Gasteiger partial charge >= 0.3 is 6.09 Å². The number of ether oxygens (including phenoxy) is 2. The van der Waals surface area contributed by atoms with Crippen molar-refractivity contribution >= 4 is 39.0 Å². The molecule has 2 heterocycles. The van der Waals surface area contributed by atoms with Crippen LogP contribution in [0.25, 0.3) is 21.4 Å². The van der Waals surface area contributed by atoms with Crippen molar-refractivity contribution in [3.05, 3.63) is 62.5 Å². The summed E-state index contributed by atoms with van der Waals surface area (Å²) in [6, 6.07) is 6.92. The molecule has 37 heavy (non-hydrogen) atoms. The lowest BCUT2D eigenvalue weighted by Gasteiger charge is -2.37. The van der Waals surface area contributed by atoms with Gasteiger partial charge in [-0.25, -0.2) is 4.79 Å². The fourth-order valence-electron chi connectivity index (χ4n) is 5.07. The quantitative estimate of drug-likeness (QED) is 0.361. The Kier molecular flexibility index (Phi) is 7.08. The number of rotatable bonds is 6. The van der Waals surface area contributed by atoms with E-state index in [1.165, 1.54) is 17.4 Å². The van der Waals surface area contributed by atoms with Crippen LogP contribution in [-0.2, 0) is 14.9 Å². The van der Waals surface area contributed by atoms with E-state index >= 15 is 0 Å². The number of benzene rings is 1. The molecular weight excluding hydrogens is 490 g/mol. The third-order valence-corrected chi connectivity index (χ3v) is 7.79. The van der Waals surface area contributed by atoms with Crippen LogP contribution in [0.3, 0.4) is 0 Å². The maximum atomic E-state index is 13.4. The van der Waals surface area contributed by atoms with Gasteiger partial charge in [0, 0.05) is 38.4 Å². The molecule has 1 amide bonds. The lowest BCUT2D eigenvalue weighted by Crippen LogP contribution is -2.39. The molecule has 0 bridgehead atoms. The van der Waals surface area contributed by atoms with E-state index in [1.54, 1.807) is 33.9 Å². The first kappa shape index (κ1) is 26.7. The predicted molar refractivity (Wildman–Crippen MR) is 147 cm³/mol. The molecule has 3 aromatic rings. The smallest absolute Gasteiger partial charge is 0.412 e. The molecule has 4 rings (SSSR count). The van der Waals surface area contributed by atoms with Gasteiger partial charge in [0.1, 0.15) is 28.4 Å². The lowest BCUT2D eigenvalue weighted by molar-refractivity contribution is 0.0635. The summed E-state index contributed by atoms with van der Waals surface area (Å²) in [6.45, 7) is 11.3. The number of Topliss-reactive ketones (excluding diaryl/α,β-unsaturated/α-hetero) is 1. The highest BCUT2D eigenvalue weighted by Gasteiger charge is 2.47. The van der Waals surface area contributed by atoms with Gasteiger partial charge in [0.15, 0.2) is 11.2 Å². The normalized spacial score (nSPS) is 15.1. The van der Waals surface area contributed by atoms with Crippen LogP contribution < -0.4 is 10.7 Å². The Morgan fingerprint density at radius 2 is 1.81 bits per heavy atom. The SMILES string of the molecule is CCC1=C(OC)C(CC)(CC)c2oc(-c3csc4cc(NC(=O)OC(C)(C)C)ccc34)cc(=O)c2C1=O. The molecule has 0 atom stereocenters. The van der Waals surface area contributed by atoms with Crippen molar-refractivity contribution in [2.75, 3.05) is 12.4 Å². The second-order valence-electron chi connectivity index (χ2n) is 10.1. The Hall–Kier alpha value is -3.39. The molecule has 8 heteroatoms. The van der Waals surface area contributed by atoms with Gasteiger partial charge in [-0.3, -0.25) is 14.9 Å². The van der Waals surface area contributed by atoms with Crippen LogP contribution in [0.15, 0.2) is 50.2 Å².